The van der Waals surface area contributed by atoms with Crippen molar-refractivity contribution >= 4 is 17.7 Å². The SMILES string of the molecule is CC1CN(C(=O)Nc2ccccc2CC(=O)O)CCN1C. The quantitative estimate of drug-likeness (QED) is 0.885. The fraction of sp³-hybridized carbons (Fsp3) is 0.467. The van der Waals surface area contributed by atoms with E-state index >= 15 is 0 Å². The largest absolute Gasteiger partial charge is 0.481 e. The summed E-state index contributed by atoms with van der Waals surface area (Å²) in [4.78, 5) is 27.1. The van der Waals surface area contributed by atoms with Crippen LogP contribution in [0.3, 0.4) is 0 Å². The van der Waals surface area contributed by atoms with E-state index in [0.717, 1.165) is 6.54 Å². The highest BCUT2D eigenvalue weighted by molar-refractivity contribution is 5.91. The van der Waals surface area contributed by atoms with Crippen LogP contribution in [0.25, 0.3) is 0 Å². The van der Waals surface area contributed by atoms with Gasteiger partial charge in [-0.05, 0) is 25.6 Å². The second kappa shape index (κ2) is 6.58. The van der Waals surface area contributed by atoms with E-state index in [4.69, 9.17) is 5.11 Å². The van der Waals surface area contributed by atoms with Gasteiger partial charge in [0.05, 0.1) is 6.42 Å². The van der Waals surface area contributed by atoms with Gasteiger partial charge in [0.15, 0.2) is 0 Å². The van der Waals surface area contributed by atoms with Gasteiger partial charge in [0.2, 0.25) is 0 Å². The van der Waals surface area contributed by atoms with Gasteiger partial charge in [0, 0.05) is 31.4 Å². The Labute approximate surface area is 124 Å². The van der Waals surface area contributed by atoms with Crippen molar-refractivity contribution in [2.45, 2.75) is 19.4 Å². The third-order valence-electron chi connectivity index (χ3n) is 3.85. The molecule has 1 heterocycles. The highest BCUT2D eigenvalue weighted by Crippen LogP contribution is 2.17. The molecule has 1 aromatic rings. The highest BCUT2D eigenvalue weighted by atomic mass is 16.4. The van der Waals surface area contributed by atoms with E-state index in [1.54, 1.807) is 29.2 Å². The molecular weight excluding hydrogens is 270 g/mol. The first kappa shape index (κ1) is 15.3. The minimum Gasteiger partial charge on any atom is -0.481 e. The Hall–Kier alpha value is -2.08. The zero-order chi connectivity index (χ0) is 15.4. The van der Waals surface area contributed by atoms with Crippen LogP contribution in [0.15, 0.2) is 24.3 Å². The van der Waals surface area contributed by atoms with E-state index in [2.05, 4.69) is 17.1 Å². The third kappa shape index (κ3) is 3.95. The van der Waals surface area contributed by atoms with E-state index in [-0.39, 0.29) is 12.5 Å². The summed E-state index contributed by atoms with van der Waals surface area (Å²) in [7, 11) is 2.04. The fourth-order valence-electron chi connectivity index (χ4n) is 2.39. The van der Waals surface area contributed by atoms with Gasteiger partial charge in [0.25, 0.3) is 0 Å². The summed E-state index contributed by atoms with van der Waals surface area (Å²) in [5.41, 5.74) is 1.18. The molecule has 1 aliphatic rings. The molecule has 2 N–H and O–H groups in total. The number of hydrogen-bond acceptors (Lipinski definition) is 3. The maximum Gasteiger partial charge on any atom is 0.321 e. The summed E-state index contributed by atoms with van der Waals surface area (Å²) in [5, 5.41) is 11.7. The zero-order valence-corrected chi connectivity index (χ0v) is 12.4. The lowest BCUT2D eigenvalue weighted by atomic mass is 10.1. The molecule has 1 aliphatic heterocycles. The lowest BCUT2D eigenvalue weighted by molar-refractivity contribution is -0.136. The minimum absolute atomic E-state index is 0.102. The number of benzene rings is 1. The van der Waals surface area contributed by atoms with E-state index < -0.39 is 5.97 Å². The van der Waals surface area contributed by atoms with Crippen molar-refractivity contribution in [2.75, 3.05) is 32.0 Å². The molecular formula is C15H21N3O3. The molecule has 2 rings (SSSR count). The number of nitrogens with one attached hydrogen (secondary N) is 1. The van der Waals surface area contributed by atoms with Gasteiger partial charge in [-0.2, -0.15) is 0 Å². The second-order valence-corrected chi connectivity index (χ2v) is 5.43. The maximum absolute atomic E-state index is 12.3. The zero-order valence-electron chi connectivity index (χ0n) is 12.4. The number of para-hydroxylation sites is 1. The Balaban J connectivity index is 2.04. The molecule has 2 amide bonds. The molecule has 0 bridgehead atoms. The van der Waals surface area contributed by atoms with Crippen LogP contribution in [0.1, 0.15) is 12.5 Å². The number of amides is 2. The summed E-state index contributed by atoms with van der Waals surface area (Å²) < 4.78 is 0. The van der Waals surface area contributed by atoms with Crippen LogP contribution in [-0.2, 0) is 11.2 Å². The molecule has 0 saturated carbocycles. The molecule has 6 heteroatoms. The smallest absolute Gasteiger partial charge is 0.321 e. The van der Waals surface area contributed by atoms with Crippen molar-refractivity contribution in [3.63, 3.8) is 0 Å². The van der Waals surface area contributed by atoms with Crippen molar-refractivity contribution in [1.29, 1.82) is 0 Å². The van der Waals surface area contributed by atoms with Gasteiger partial charge >= 0.3 is 12.0 Å². The number of nitrogens with zero attached hydrogens (tertiary/aromatic N) is 2. The molecule has 1 atom stereocenters. The fourth-order valence-corrected chi connectivity index (χ4v) is 2.39. The average Bonchev–Trinajstić information content (AvgIpc) is 2.43. The van der Waals surface area contributed by atoms with Crippen molar-refractivity contribution in [3.05, 3.63) is 29.8 Å². The predicted molar refractivity (Wildman–Crippen MR) is 80.5 cm³/mol. The number of carboxylic acids is 1. The van der Waals surface area contributed by atoms with Crippen LogP contribution >= 0.6 is 0 Å². The molecule has 114 valence electrons. The number of likely N-dealkylation sites (N-methyl/N-ethyl adjacent to an activating group) is 1. The summed E-state index contributed by atoms with van der Waals surface area (Å²) >= 11 is 0. The van der Waals surface area contributed by atoms with Crippen LogP contribution in [0, 0.1) is 0 Å². The number of rotatable bonds is 3. The lowest BCUT2D eigenvalue weighted by Gasteiger charge is -2.37. The Morgan fingerprint density at radius 1 is 1.33 bits per heavy atom. The van der Waals surface area contributed by atoms with Gasteiger partial charge in [-0.25, -0.2) is 4.79 Å². The molecule has 0 aliphatic carbocycles. The number of carbonyl (C=O) groups excluding carboxylic acids is 1. The Morgan fingerprint density at radius 2 is 2.05 bits per heavy atom. The summed E-state index contributed by atoms with van der Waals surface area (Å²) in [6.45, 7) is 4.26. The number of piperazine rings is 1. The molecule has 21 heavy (non-hydrogen) atoms. The number of hydrogen-bond donors (Lipinski definition) is 2. The molecule has 1 fully saturated rings. The lowest BCUT2D eigenvalue weighted by Crippen LogP contribution is -2.53. The molecule has 0 radical (unpaired) electrons. The highest BCUT2D eigenvalue weighted by Gasteiger charge is 2.24. The Morgan fingerprint density at radius 3 is 2.71 bits per heavy atom. The van der Waals surface area contributed by atoms with Crippen LogP contribution in [0.4, 0.5) is 10.5 Å². The molecule has 1 aromatic carbocycles. The molecule has 6 nitrogen and oxygen atoms in total. The van der Waals surface area contributed by atoms with Crippen molar-refractivity contribution in [1.82, 2.24) is 9.80 Å². The first-order valence-corrected chi connectivity index (χ1v) is 7.03. The van der Waals surface area contributed by atoms with Gasteiger partial charge in [0.1, 0.15) is 0 Å². The summed E-state index contributed by atoms with van der Waals surface area (Å²) in [5.74, 6) is -0.912. The van der Waals surface area contributed by atoms with Crippen molar-refractivity contribution in [2.24, 2.45) is 0 Å². The number of urea groups is 1. The first-order chi connectivity index (χ1) is 9.97. The third-order valence-corrected chi connectivity index (χ3v) is 3.85. The Bertz CT molecular complexity index is 533. The van der Waals surface area contributed by atoms with Gasteiger partial charge < -0.3 is 20.2 Å². The standard InChI is InChI=1S/C15H21N3O3/c1-11-10-18(8-7-17(11)2)15(21)16-13-6-4-3-5-12(13)9-14(19)20/h3-6,11H,7-10H2,1-2H3,(H,16,21)(H,19,20). The number of aliphatic carboxylic acids is 1. The van der Waals surface area contributed by atoms with E-state index in [0.29, 0.717) is 30.4 Å². The first-order valence-electron chi connectivity index (χ1n) is 7.03. The number of carbonyl (C=O) groups is 2. The monoisotopic (exact) mass is 291 g/mol. The number of anilines is 1. The summed E-state index contributed by atoms with van der Waals surface area (Å²) in [6, 6.07) is 7.15. The van der Waals surface area contributed by atoms with Gasteiger partial charge in [-0.1, -0.05) is 18.2 Å². The van der Waals surface area contributed by atoms with Crippen LogP contribution in [0.2, 0.25) is 0 Å². The van der Waals surface area contributed by atoms with Crippen LogP contribution < -0.4 is 5.32 Å². The predicted octanol–water partition coefficient (Wildman–Crippen LogP) is 1.48. The molecule has 0 spiro atoms. The van der Waals surface area contributed by atoms with Gasteiger partial charge in [-0.3, -0.25) is 4.79 Å². The summed E-state index contributed by atoms with van der Waals surface area (Å²) in [6.07, 6.45) is -0.102. The van der Waals surface area contributed by atoms with Crippen molar-refractivity contribution < 1.29 is 14.7 Å². The Kier molecular flexibility index (Phi) is 4.80. The van der Waals surface area contributed by atoms with Crippen LogP contribution in [-0.4, -0.2) is 59.6 Å². The number of carboxylic acid groups (broad SMARTS) is 1. The molecule has 1 saturated heterocycles. The topological polar surface area (TPSA) is 72.9 Å². The molecule has 0 aromatic heterocycles. The minimum atomic E-state index is -0.912. The second-order valence-electron chi connectivity index (χ2n) is 5.43. The van der Waals surface area contributed by atoms with Crippen LogP contribution in [0.5, 0.6) is 0 Å². The van der Waals surface area contributed by atoms with E-state index in [9.17, 15) is 9.59 Å². The van der Waals surface area contributed by atoms with Gasteiger partial charge in [-0.15, -0.1) is 0 Å². The van der Waals surface area contributed by atoms with E-state index in [1.165, 1.54) is 0 Å². The maximum atomic E-state index is 12.3. The molecule has 1 unspecified atom stereocenters. The normalized spacial score (nSPS) is 19.3. The van der Waals surface area contributed by atoms with Crippen molar-refractivity contribution in [3.8, 4) is 0 Å². The average molecular weight is 291 g/mol. The van der Waals surface area contributed by atoms with E-state index in [1.807, 2.05) is 7.05 Å².